The van der Waals surface area contributed by atoms with Gasteiger partial charge < -0.3 is 4.52 Å². The van der Waals surface area contributed by atoms with Crippen molar-refractivity contribution in [3.63, 3.8) is 0 Å². The Balaban J connectivity index is 3.34. The van der Waals surface area contributed by atoms with E-state index in [1.807, 2.05) is 20.8 Å². The fraction of sp³-hybridized carbons (Fsp3) is 1.00. The van der Waals surface area contributed by atoms with Gasteiger partial charge in [-0.25, -0.2) is 0 Å². The first-order valence-electron chi connectivity index (χ1n) is 2.11. The molecule has 1 radical (unpaired) electrons. The molecule has 0 rings (SSSR count). The molecule has 0 aromatic rings. The van der Waals surface area contributed by atoms with Crippen molar-refractivity contribution in [1.82, 2.24) is 0 Å². The van der Waals surface area contributed by atoms with Crippen LogP contribution in [-0.4, -0.2) is 5.60 Å². The fourth-order valence-electron chi connectivity index (χ4n) is 0.125. The van der Waals surface area contributed by atoms with Crippen LogP contribution in [0.2, 0.25) is 0 Å². The van der Waals surface area contributed by atoms with Crippen molar-refractivity contribution >= 4 is 8.69 Å². The maximum atomic E-state index is 9.75. The Hall–Kier alpha value is 0.0600. The van der Waals surface area contributed by atoms with E-state index in [2.05, 4.69) is 0 Å². The lowest BCUT2D eigenvalue weighted by Gasteiger charge is -2.12. The van der Waals surface area contributed by atoms with Gasteiger partial charge in [0.25, 0.3) is 0 Å². The van der Waals surface area contributed by atoms with Crippen molar-refractivity contribution in [1.29, 1.82) is 0 Å². The molecule has 3 heteroatoms. The number of rotatable bonds is 1. The van der Waals surface area contributed by atoms with Crippen LogP contribution in [0.25, 0.3) is 0 Å². The van der Waals surface area contributed by atoms with Crippen LogP contribution in [0.4, 0.5) is 0 Å². The van der Waals surface area contributed by atoms with E-state index in [0.717, 1.165) is 0 Å². The molecule has 0 aliphatic rings. The van der Waals surface area contributed by atoms with Gasteiger partial charge in [0, 0.05) is 0 Å². The Morgan fingerprint density at radius 2 is 1.86 bits per heavy atom. The minimum absolute atomic E-state index is 0.250. The predicted octanol–water partition coefficient (Wildman–Crippen LogP) is 1.74. The smallest absolute Gasteiger partial charge is 0.199 e. The third-order valence-corrected chi connectivity index (χ3v) is 1.04. The van der Waals surface area contributed by atoms with Crippen molar-refractivity contribution in [2.24, 2.45) is 0 Å². The van der Waals surface area contributed by atoms with Crippen LogP contribution < -0.4 is 0 Å². The Kier molecular flexibility index (Phi) is 2.41. The highest BCUT2D eigenvalue weighted by Gasteiger charge is 2.07. The lowest BCUT2D eigenvalue weighted by Crippen LogP contribution is -2.12. The molecule has 1 unspecified atom stereocenters. The summed E-state index contributed by atoms with van der Waals surface area (Å²) in [6, 6.07) is 0. The molecule has 2 nitrogen and oxygen atoms in total. The van der Waals surface area contributed by atoms with Crippen molar-refractivity contribution in [2.45, 2.75) is 26.4 Å². The highest BCUT2D eigenvalue weighted by atomic mass is 31.1. The molecule has 0 saturated heterocycles. The average Bonchev–Trinajstić information content (AvgIpc) is 1.30. The summed E-state index contributed by atoms with van der Waals surface area (Å²) in [7, 11) is -0.641. The summed E-state index contributed by atoms with van der Waals surface area (Å²) >= 11 is 0. The molecule has 0 aromatic carbocycles. The molecule has 0 N–H and O–H groups in total. The first-order chi connectivity index (χ1) is 3.06. The Bertz CT molecular complexity index is 64.6. The maximum absolute atomic E-state index is 9.75. The van der Waals surface area contributed by atoms with Gasteiger partial charge in [0.15, 0.2) is 8.69 Å². The molecular formula is C4H10O2P. The Morgan fingerprint density at radius 1 is 1.43 bits per heavy atom. The lowest BCUT2D eigenvalue weighted by atomic mass is 10.2. The minimum Gasteiger partial charge on any atom is -0.300 e. The van der Waals surface area contributed by atoms with Crippen LogP contribution in [-0.2, 0) is 9.09 Å². The second kappa shape index (κ2) is 2.39. The van der Waals surface area contributed by atoms with E-state index in [1.54, 1.807) is 0 Å². The highest BCUT2D eigenvalue weighted by Crippen LogP contribution is 2.13. The molecule has 0 amide bonds. The van der Waals surface area contributed by atoms with Crippen LogP contribution in [0.5, 0.6) is 0 Å². The molecule has 0 aromatic heterocycles. The number of hydrogen-bond acceptors (Lipinski definition) is 2. The summed E-state index contributed by atoms with van der Waals surface area (Å²) in [6.07, 6.45) is 0. The molecule has 0 aliphatic carbocycles. The van der Waals surface area contributed by atoms with Crippen molar-refractivity contribution in [2.75, 3.05) is 0 Å². The molecule has 0 aliphatic heterocycles. The SMILES string of the molecule is CC(C)(C)O[PH]=O. The second-order valence-electron chi connectivity index (χ2n) is 2.30. The molecular weight excluding hydrogens is 111 g/mol. The van der Waals surface area contributed by atoms with E-state index in [1.165, 1.54) is 0 Å². The summed E-state index contributed by atoms with van der Waals surface area (Å²) in [6.45, 7) is 5.58. The van der Waals surface area contributed by atoms with Crippen LogP contribution in [0.15, 0.2) is 0 Å². The largest absolute Gasteiger partial charge is 0.300 e. The monoisotopic (exact) mass is 121 g/mol. The summed E-state index contributed by atoms with van der Waals surface area (Å²) < 4.78 is 14.5. The Morgan fingerprint density at radius 3 is 1.86 bits per heavy atom. The van der Waals surface area contributed by atoms with Gasteiger partial charge in [0.1, 0.15) is 0 Å². The topological polar surface area (TPSA) is 26.3 Å². The van der Waals surface area contributed by atoms with Gasteiger partial charge in [-0.2, -0.15) is 0 Å². The summed E-state index contributed by atoms with van der Waals surface area (Å²) in [5.74, 6) is 0. The fourth-order valence-corrected chi connectivity index (χ4v) is 0.375. The second-order valence-corrected chi connectivity index (χ2v) is 2.67. The van der Waals surface area contributed by atoms with Gasteiger partial charge in [-0.1, -0.05) is 0 Å². The van der Waals surface area contributed by atoms with E-state index in [9.17, 15) is 4.57 Å². The van der Waals surface area contributed by atoms with Gasteiger partial charge >= 0.3 is 0 Å². The summed E-state index contributed by atoms with van der Waals surface area (Å²) in [5, 5.41) is 0. The molecule has 43 valence electrons. The zero-order valence-corrected chi connectivity index (χ0v) is 5.82. The van der Waals surface area contributed by atoms with Crippen LogP contribution in [0, 0.1) is 0 Å². The van der Waals surface area contributed by atoms with E-state index in [-0.39, 0.29) is 5.60 Å². The zero-order chi connectivity index (χ0) is 5.91. The van der Waals surface area contributed by atoms with Gasteiger partial charge in [-0.3, -0.25) is 4.57 Å². The van der Waals surface area contributed by atoms with Gasteiger partial charge in [0.2, 0.25) is 0 Å². The maximum Gasteiger partial charge on any atom is 0.199 e. The molecule has 0 fully saturated rings. The first kappa shape index (κ1) is 7.06. The third-order valence-electron chi connectivity index (χ3n) is 0.348. The number of hydrogen-bond donors (Lipinski definition) is 0. The van der Waals surface area contributed by atoms with Crippen LogP contribution >= 0.6 is 8.69 Å². The molecule has 0 spiro atoms. The van der Waals surface area contributed by atoms with Gasteiger partial charge in [-0.15, -0.1) is 0 Å². The highest BCUT2D eigenvalue weighted by molar-refractivity contribution is 7.17. The van der Waals surface area contributed by atoms with Gasteiger partial charge in [-0.05, 0) is 20.8 Å². The van der Waals surface area contributed by atoms with Crippen LogP contribution in [0.3, 0.4) is 0 Å². The zero-order valence-electron chi connectivity index (χ0n) is 4.82. The van der Waals surface area contributed by atoms with E-state index in [0.29, 0.717) is 0 Å². The average molecular weight is 121 g/mol. The standard InChI is InChI=1S/C4H10O2P/c1-4(2,3)6-7-5/h7H,1-3H3. The van der Waals surface area contributed by atoms with E-state index < -0.39 is 8.69 Å². The summed E-state index contributed by atoms with van der Waals surface area (Å²) in [5.41, 5.74) is -0.250. The van der Waals surface area contributed by atoms with E-state index >= 15 is 0 Å². The molecule has 0 bridgehead atoms. The van der Waals surface area contributed by atoms with Crippen molar-refractivity contribution in [3.8, 4) is 0 Å². The third kappa shape index (κ3) is 6.06. The minimum atomic E-state index is -0.641. The summed E-state index contributed by atoms with van der Waals surface area (Å²) in [4.78, 5) is 0. The Labute approximate surface area is 45.2 Å². The quantitative estimate of drug-likeness (QED) is 0.494. The van der Waals surface area contributed by atoms with Crippen molar-refractivity contribution < 1.29 is 9.09 Å². The predicted molar refractivity (Wildman–Crippen MR) is 29.8 cm³/mol. The first-order valence-corrected chi connectivity index (χ1v) is 2.93. The van der Waals surface area contributed by atoms with Gasteiger partial charge in [0.05, 0.1) is 5.60 Å². The molecule has 0 saturated carbocycles. The van der Waals surface area contributed by atoms with E-state index in [4.69, 9.17) is 4.52 Å². The van der Waals surface area contributed by atoms with Crippen LogP contribution in [0.1, 0.15) is 20.8 Å². The normalized spacial score (nSPS) is 12.4. The molecule has 0 heterocycles. The lowest BCUT2D eigenvalue weighted by molar-refractivity contribution is 0.151. The molecule has 1 atom stereocenters. The molecule has 7 heavy (non-hydrogen) atoms. The van der Waals surface area contributed by atoms with Crippen molar-refractivity contribution in [3.05, 3.63) is 0 Å².